The molecule has 3 amide bonds. The minimum atomic E-state index is -1.13. The summed E-state index contributed by atoms with van der Waals surface area (Å²) in [7, 11) is 2.84. The van der Waals surface area contributed by atoms with Gasteiger partial charge in [0.1, 0.15) is 11.6 Å². The third kappa shape index (κ3) is 13.7. The Balaban J connectivity index is 2.74. The number of nitrogens with zero attached hydrogens (tertiary/aromatic N) is 1. The molecule has 0 fully saturated rings. The van der Waals surface area contributed by atoms with Gasteiger partial charge in [-0.2, -0.15) is 5.48 Å². The van der Waals surface area contributed by atoms with Gasteiger partial charge in [-0.1, -0.05) is 44.2 Å². The monoisotopic (exact) mass is 567 g/mol. The van der Waals surface area contributed by atoms with Gasteiger partial charge in [0.25, 0.3) is 5.91 Å². The highest BCUT2D eigenvalue weighted by Crippen LogP contribution is 2.19. The molecule has 0 bridgehead atoms. The number of esters is 1. The molecule has 0 saturated carbocycles. The average Bonchev–Trinajstić information content (AvgIpc) is 2.89. The maximum atomic E-state index is 13.3. The molecule has 12 heteroatoms. The molecule has 2 atom stereocenters. The van der Waals surface area contributed by atoms with E-state index in [-0.39, 0.29) is 19.1 Å². The molecule has 0 radical (unpaired) electrons. The molecule has 2 N–H and O–H groups in total. The fraction of sp³-hybridized carbons (Fsp3) is 0.643. The lowest BCUT2D eigenvalue weighted by Gasteiger charge is -2.35. The van der Waals surface area contributed by atoms with Crippen molar-refractivity contribution in [2.24, 2.45) is 5.92 Å². The number of hydrogen-bond acceptors (Lipinski definition) is 9. The first-order valence-corrected chi connectivity index (χ1v) is 13.2. The van der Waals surface area contributed by atoms with Crippen molar-refractivity contribution >= 4 is 23.9 Å². The molecule has 12 nitrogen and oxygen atoms in total. The third-order valence-corrected chi connectivity index (χ3v) is 5.51. The van der Waals surface area contributed by atoms with Crippen molar-refractivity contribution in [3.05, 3.63) is 35.9 Å². The maximum Gasteiger partial charge on any atom is 0.431 e. The molecule has 40 heavy (non-hydrogen) atoms. The number of ether oxygens (including phenoxy) is 4. The SMILES string of the molecule is COC(CN(C(=O)CNC(=O)C(C)ONC(=O)OCCc1ccccc1)[C@@H](CC(C)C)C(=O)OC(C)(C)C)OC. The van der Waals surface area contributed by atoms with Gasteiger partial charge < -0.3 is 29.2 Å². The van der Waals surface area contributed by atoms with E-state index in [0.29, 0.717) is 12.8 Å². The van der Waals surface area contributed by atoms with Crippen molar-refractivity contribution in [2.45, 2.75) is 78.4 Å². The first-order valence-electron chi connectivity index (χ1n) is 13.2. The normalized spacial score (nSPS) is 12.9. The van der Waals surface area contributed by atoms with Crippen molar-refractivity contribution in [1.82, 2.24) is 15.7 Å². The van der Waals surface area contributed by atoms with E-state index in [1.54, 1.807) is 20.8 Å². The number of hydroxylamine groups is 1. The average molecular weight is 568 g/mol. The number of methoxy groups -OCH3 is 2. The summed E-state index contributed by atoms with van der Waals surface area (Å²) in [6, 6.07) is 8.56. The van der Waals surface area contributed by atoms with Crippen LogP contribution in [0.5, 0.6) is 0 Å². The molecule has 0 heterocycles. The smallest absolute Gasteiger partial charge is 0.431 e. The van der Waals surface area contributed by atoms with Crippen molar-refractivity contribution in [2.75, 3.05) is 33.9 Å². The lowest BCUT2D eigenvalue weighted by atomic mass is 10.0. The molecule has 1 aromatic rings. The van der Waals surface area contributed by atoms with E-state index in [0.717, 1.165) is 5.56 Å². The van der Waals surface area contributed by atoms with E-state index in [1.807, 2.05) is 44.2 Å². The standard InChI is InChI=1S/C28H45N3O9/c1-19(2)16-22(26(34)39-28(4,5)6)31(18-24(36-7)37-8)23(32)17-29-25(33)20(3)40-30-27(35)38-15-14-21-12-10-9-11-13-21/h9-13,19-20,22,24H,14-18H2,1-8H3,(H,29,33)(H,30,35)/t20?,22-/m0/s1. The predicted octanol–water partition coefficient (Wildman–Crippen LogP) is 2.60. The van der Waals surface area contributed by atoms with Gasteiger partial charge in [0.05, 0.1) is 19.7 Å². The molecule has 0 aliphatic rings. The maximum absolute atomic E-state index is 13.3. The highest BCUT2D eigenvalue weighted by molar-refractivity contribution is 5.89. The zero-order chi connectivity index (χ0) is 30.3. The summed E-state index contributed by atoms with van der Waals surface area (Å²) in [5.74, 6) is -1.73. The van der Waals surface area contributed by atoms with Crippen molar-refractivity contribution in [3.8, 4) is 0 Å². The topological polar surface area (TPSA) is 142 Å². The second kappa shape index (κ2) is 17.5. The predicted molar refractivity (Wildman–Crippen MR) is 147 cm³/mol. The molecule has 0 saturated heterocycles. The molecular formula is C28H45N3O9. The molecule has 1 rings (SSSR count). The van der Waals surface area contributed by atoms with Crippen LogP contribution in [0, 0.1) is 5.92 Å². The van der Waals surface area contributed by atoms with Crippen LogP contribution in [0.1, 0.15) is 53.5 Å². The summed E-state index contributed by atoms with van der Waals surface area (Å²) in [6.07, 6.45) is -1.94. The Morgan fingerprint density at radius 1 is 0.975 bits per heavy atom. The van der Waals surface area contributed by atoms with Crippen molar-refractivity contribution in [1.29, 1.82) is 0 Å². The quantitative estimate of drug-likeness (QED) is 0.175. The van der Waals surface area contributed by atoms with E-state index in [2.05, 4.69) is 10.8 Å². The Morgan fingerprint density at radius 2 is 1.60 bits per heavy atom. The first kappa shape index (κ1) is 34.8. The van der Waals surface area contributed by atoms with Gasteiger partial charge >= 0.3 is 12.1 Å². The van der Waals surface area contributed by atoms with Crippen LogP contribution >= 0.6 is 0 Å². The van der Waals surface area contributed by atoms with Gasteiger partial charge in [-0.3, -0.25) is 14.4 Å². The van der Waals surface area contributed by atoms with Crippen LogP contribution in [0.4, 0.5) is 4.79 Å². The summed E-state index contributed by atoms with van der Waals surface area (Å²) in [4.78, 5) is 57.2. The number of carbonyl (C=O) groups is 4. The van der Waals surface area contributed by atoms with Gasteiger partial charge in [-0.05, 0) is 45.6 Å². The second-order valence-electron chi connectivity index (χ2n) is 10.6. The Bertz CT molecular complexity index is 931. The molecule has 0 aromatic heterocycles. The van der Waals surface area contributed by atoms with Crippen LogP contribution in [0.2, 0.25) is 0 Å². The number of nitrogens with one attached hydrogen (secondary N) is 2. The zero-order valence-corrected chi connectivity index (χ0v) is 24.9. The van der Waals surface area contributed by atoms with Crippen LogP contribution in [-0.4, -0.2) is 86.7 Å². The minimum Gasteiger partial charge on any atom is -0.458 e. The summed E-state index contributed by atoms with van der Waals surface area (Å²) < 4.78 is 21.1. The van der Waals surface area contributed by atoms with E-state index in [4.69, 9.17) is 23.8 Å². The second-order valence-corrected chi connectivity index (χ2v) is 10.6. The fourth-order valence-electron chi connectivity index (χ4n) is 3.51. The Kier molecular flexibility index (Phi) is 15.2. The van der Waals surface area contributed by atoms with Gasteiger partial charge in [0.15, 0.2) is 12.4 Å². The van der Waals surface area contributed by atoms with Crippen LogP contribution in [0.25, 0.3) is 0 Å². The highest BCUT2D eigenvalue weighted by Gasteiger charge is 2.35. The molecule has 0 aliphatic heterocycles. The summed E-state index contributed by atoms with van der Waals surface area (Å²) in [6.45, 7) is 10.1. The minimum absolute atomic E-state index is 0.0536. The number of rotatable bonds is 16. The number of benzene rings is 1. The van der Waals surface area contributed by atoms with Crippen molar-refractivity contribution < 1.29 is 43.0 Å². The van der Waals surface area contributed by atoms with Crippen LogP contribution in [-0.2, 0) is 44.6 Å². The van der Waals surface area contributed by atoms with Gasteiger partial charge in [-0.15, -0.1) is 0 Å². The van der Waals surface area contributed by atoms with Crippen LogP contribution < -0.4 is 10.8 Å². The Hall–Kier alpha value is -3.22. The molecule has 226 valence electrons. The summed E-state index contributed by atoms with van der Waals surface area (Å²) >= 11 is 0. The number of amides is 3. The van der Waals surface area contributed by atoms with E-state index in [1.165, 1.54) is 26.0 Å². The lowest BCUT2D eigenvalue weighted by molar-refractivity contribution is -0.171. The van der Waals surface area contributed by atoms with Crippen molar-refractivity contribution in [3.63, 3.8) is 0 Å². The third-order valence-electron chi connectivity index (χ3n) is 5.51. The molecule has 1 aromatic carbocycles. The van der Waals surface area contributed by atoms with Crippen LogP contribution in [0.3, 0.4) is 0 Å². The molecular weight excluding hydrogens is 522 g/mol. The Labute approximate surface area is 236 Å². The number of hydrogen-bond donors (Lipinski definition) is 2. The first-order chi connectivity index (χ1) is 18.8. The zero-order valence-electron chi connectivity index (χ0n) is 24.9. The van der Waals surface area contributed by atoms with E-state index >= 15 is 0 Å². The number of carbonyl (C=O) groups excluding carboxylic acids is 4. The lowest BCUT2D eigenvalue weighted by Crippen LogP contribution is -2.54. The fourth-order valence-corrected chi connectivity index (χ4v) is 3.51. The van der Waals surface area contributed by atoms with Gasteiger partial charge in [-0.25, -0.2) is 9.59 Å². The molecule has 1 unspecified atom stereocenters. The van der Waals surface area contributed by atoms with E-state index < -0.39 is 54.5 Å². The highest BCUT2D eigenvalue weighted by atomic mass is 16.7. The Morgan fingerprint density at radius 3 is 2.15 bits per heavy atom. The molecule has 0 aliphatic carbocycles. The largest absolute Gasteiger partial charge is 0.458 e. The summed E-state index contributed by atoms with van der Waals surface area (Å²) in [5.41, 5.74) is 2.31. The summed E-state index contributed by atoms with van der Waals surface area (Å²) in [5, 5.41) is 2.47. The van der Waals surface area contributed by atoms with E-state index in [9.17, 15) is 19.2 Å². The van der Waals surface area contributed by atoms with Gasteiger partial charge in [0.2, 0.25) is 5.91 Å². The van der Waals surface area contributed by atoms with Crippen LogP contribution in [0.15, 0.2) is 30.3 Å². The molecule has 0 spiro atoms. The van der Waals surface area contributed by atoms with Gasteiger partial charge in [0, 0.05) is 20.6 Å².